The normalized spacial score (nSPS) is 22.7. The van der Waals surface area contributed by atoms with Crippen LogP contribution in [0, 0.1) is 5.92 Å². The van der Waals surface area contributed by atoms with Gasteiger partial charge in [0, 0.05) is 5.41 Å². The Balaban J connectivity index is 1.87. The number of halogens is 6. The van der Waals surface area contributed by atoms with Gasteiger partial charge in [0.05, 0.1) is 29.8 Å². The van der Waals surface area contributed by atoms with Crippen LogP contribution < -0.4 is 0 Å². The SMILES string of the molecule is CC(OCC1(c2ccccc2)CCC(C(=O)O)CC1)c1cc(C(F)(F)F)cc(C(F)(F)F)c1. The van der Waals surface area contributed by atoms with Crippen molar-refractivity contribution in [2.75, 3.05) is 6.61 Å². The van der Waals surface area contributed by atoms with E-state index in [0.29, 0.717) is 37.8 Å². The molecule has 1 saturated carbocycles. The van der Waals surface area contributed by atoms with E-state index in [4.69, 9.17) is 4.74 Å². The van der Waals surface area contributed by atoms with E-state index in [1.54, 1.807) is 0 Å². The third-order valence-corrected chi connectivity index (χ3v) is 6.37. The van der Waals surface area contributed by atoms with Crippen molar-refractivity contribution >= 4 is 5.97 Å². The molecular formula is C24H24F6O3. The topological polar surface area (TPSA) is 46.5 Å². The molecule has 0 aliphatic heterocycles. The molecule has 0 amide bonds. The predicted octanol–water partition coefficient (Wildman–Crippen LogP) is 7.01. The number of benzene rings is 2. The molecule has 0 aromatic heterocycles. The number of alkyl halides is 6. The zero-order valence-electron chi connectivity index (χ0n) is 17.8. The van der Waals surface area contributed by atoms with Gasteiger partial charge in [0.2, 0.25) is 0 Å². The first-order chi connectivity index (χ1) is 15.3. The van der Waals surface area contributed by atoms with Gasteiger partial charge in [-0.2, -0.15) is 26.3 Å². The second-order valence-electron chi connectivity index (χ2n) is 8.55. The van der Waals surface area contributed by atoms with Gasteiger partial charge < -0.3 is 9.84 Å². The van der Waals surface area contributed by atoms with Crippen molar-refractivity contribution in [3.8, 4) is 0 Å². The molecule has 9 heteroatoms. The largest absolute Gasteiger partial charge is 0.481 e. The molecule has 1 aliphatic rings. The van der Waals surface area contributed by atoms with E-state index in [-0.39, 0.29) is 18.2 Å². The lowest BCUT2D eigenvalue weighted by Crippen LogP contribution is -2.38. The number of hydrogen-bond acceptors (Lipinski definition) is 2. The lowest BCUT2D eigenvalue weighted by Gasteiger charge is -2.40. The van der Waals surface area contributed by atoms with Crippen molar-refractivity contribution < 1.29 is 41.0 Å². The molecule has 0 radical (unpaired) electrons. The van der Waals surface area contributed by atoms with Crippen molar-refractivity contribution in [2.24, 2.45) is 5.92 Å². The van der Waals surface area contributed by atoms with Crippen LogP contribution in [0.2, 0.25) is 0 Å². The third-order valence-electron chi connectivity index (χ3n) is 6.37. The van der Waals surface area contributed by atoms with Crippen molar-refractivity contribution in [1.29, 1.82) is 0 Å². The van der Waals surface area contributed by atoms with Crippen LogP contribution in [0.15, 0.2) is 48.5 Å². The number of hydrogen-bond donors (Lipinski definition) is 1. The van der Waals surface area contributed by atoms with E-state index >= 15 is 0 Å². The predicted molar refractivity (Wildman–Crippen MR) is 109 cm³/mol. The quantitative estimate of drug-likeness (QED) is 0.458. The monoisotopic (exact) mass is 474 g/mol. The second kappa shape index (κ2) is 9.37. The summed E-state index contributed by atoms with van der Waals surface area (Å²) in [5, 5.41) is 9.31. The first-order valence-corrected chi connectivity index (χ1v) is 10.5. The van der Waals surface area contributed by atoms with Crippen LogP contribution in [0.4, 0.5) is 26.3 Å². The maximum absolute atomic E-state index is 13.2. The Morgan fingerprint density at radius 3 is 1.97 bits per heavy atom. The summed E-state index contributed by atoms with van der Waals surface area (Å²) in [5.41, 5.74) is -2.67. The molecule has 180 valence electrons. The number of aliphatic carboxylic acids is 1. The van der Waals surface area contributed by atoms with Gasteiger partial charge in [0.1, 0.15) is 0 Å². The molecule has 1 aliphatic carbocycles. The Morgan fingerprint density at radius 1 is 1.00 bits per heavy atom. The van der Waals surface area contributed by atoms with Crippen LogP contribution in [-0.2, 0) is 27.3 Å². The molecule has 3 rings (SSSR count). The molecule has 1 atom stereocenters. The molecule has 0 bridgehead atoms. The fourth-order valence-corrected chi connectivity index (χ4v) is 4.32. The van der Waals surface area contributed by atoms with E-state index in [1.807, 2.05) is 30.3 Å². The zero-order valence-corrected chi connectivity index (χ0v) is 17.8. The highest BCUT2D eigenvalue weighted by molar-refractivity contribution is 5.70. The fourth-order valence-electron chi connectivity index (χ4n) is 4.32. The zero-order chi connectivity index (χ0) is 24.4. The summed E-state index contributed by atoms with van der Waals surface area (Å²) in [5.74, 6) is -1.37. The van der Waals surface area contributed by atoms with Crippen molar-refractivity contribution in [1.82, 2.24) is 0 Å². The molecule has 0 saturated heterocycles. The number of carboxylic acid groups (broad SMARTS) is 1. The molecule has 1 unspecified atom stereocenters. The van der Waals surface area contributed by atoms with Gasteiger partial charge in [0.15, 0.2) is 0 Å². The van der Waals surface area contributed by atoms with Crippen LogP contribution in [0.1, 0.15) is 61.0 Å². The van der Waals surface area contributed by atoms with Crippen molar-refractivity contribution in [3.63, 3.8) is 0 Å². The summed E-state index contributed by atoms with van der Waals surface area (Å²) in [6.07, 6.45) is -9.13. The van der Waals surface area contributed by atoms with Crippen molar-refractivity contribution in [2.45, 2.75) is 56.5 Å². The molecule has 1 fully saturated rings. The molecule has 0 spiro atoms. The summed E-state index contributed by atoms with van der Waals surface area (Å²) in [6.45, 7) is 1.46. The summed E-state index contributed by atoms with van der Waals surface area (Å²) in [6, 6.07) is 10.7. The summed E-state index contributed by atoms with van der Waals surface area (Å²) >= 11 is 0. The molecule has 1 N–H and O–H groups in total. The number of carbonyl (C=O) groups is 1. The standard InChI is InChI=1S/C24H24F6O3/c1-15(17-11-19(23(25,26)27)13-20(12-17)24(28,29)30)33-14-22(18-5-3-2-4-6-18)9-7-16(8-10-22)21(31)32/h2-6,11-13,15-16H,7-10,14H2,1H3,(H,31,32). The highest BCUT2D eigenvalue weighted by Crippen LogP contribution is 2.43. The number of ether oxygens (including phenoxy) is 1. The van der Waals surface area contributed by atoms with Gasteiger partial charge in [0.25, 0.3) is 0 Å². The summed E-state index contributed by atoms with van der Waals surface area (Å²) in [4.78, 5) is 11.4. The Morgan fingerprint density at radius 2 is 1.52 bits per heavy atom. The maximum Gasteiger partial charge on any atom is 0.416 e. The number of rotatable bonds is 6. The van der Waals surface area contributed by atoms with Gasteiger partial charge in [-0.05, 0) is 61.9 Å². The van der Waals surface area contributed by atoms with E-state index in [0.717, 1.165) is 5.56 Å². The molecule has 33 heavy (non-hydrogen) atoms. The lowest BCUT2D eigenvalue weighted by molar-refractivity contribution is -0.145. The molecule has 2 aromatic rings. The third kappa shape index (κ3) is 5.88. The van der Waals surface area contributed by atoms with Gasteiger partial charge in [-0.3, -0.25) is 4.79 Å². The van der Waals surface area contributed by atoms with Gasteiger partial charge in [-0.1, -0.05) is 30.3 Å². The van der Waals surface area contributed by atoms with Gasteiger partial charge in [-0.25, -0.2) is 0 Å². The molecule has 0 heterocycles. The van der Waals surface area contributed by atoms with Crippen LogP contribution in [0.5, 0.6) is 0 Å². The fraction of sp³-hybridized carbons (Fsp3) is 0.458. The first kappa shape index (κ1) is 25.1. The molecule has 3 nitrogen and oxygen atoms in total. The molecule has 2 aromatic carbocycles. The highest BCUT2D eigenvalue weighted by Gasteiger charge is 2.40. The average Bonchev–Trinajstić information content (AvgIpc) is 2.76. The van der Waals surface area contributed by atoms with Crippen LogP contribution in [-0.4, -0.2) is 17.7 Å². The average molecular weight is 474 g/mol. The Labute approximate surface area is 187 Å². The van der Waals surface area contributed by atoms with E-state index in [1.165, 1.54) is 6.92 Å². The molecular weight excluding hydrogens is 450 g/mol. The highest BCUT2D eigenvalue weighted by atomic mass is 19.4. The Hall–Kier alpha value is -2.55. The minimum Gasteiger partial charge on any atom is -0.481 e. The Bertz CT molecular complexity index is 928. The second-order valence-corrected chi connectivity index (χ2v) is 8.55. The Kier molecular flexibility index (Phi) is 7.12. The van der Waals surface area contributed by atoms with Gasteiger partial charge in [-0.15, -0.1) is 0 Å². The lowest BCUT2D eigenvalue weighted by atomic mass is 9.67. The number of carboxylic acids is 1. The van der Waals surface area contributed by atoms with E-state index in [2.05, 4.69) is 0 Å². The minimum absolute atomic E-state index is 0.0438. The smallest absolute Gasteiger partial charge is 0.416 e. The minimum atomic E-state index is -4.93. The van der Waals surface area contributed by atoms with Crippen LogP contribution >= 0.6 is 0 Å². The van der Waals surface area contributed by atoms with E-state index < -0.39 is 46.9 Å². The van der Waals surface area contributed by atoms with Crippen molar-refractivity contribution in [3.05, 3.63) is 70.8 Å². The summed E-state index contributed by atoms with van der Waals surface area (Å²) < 4.78 is 85.1. The maximum atomic E-state index is 13.2. The van der Waals surface area contributed by atoms with Gasteiger partial charge >= 0.3 is 18.3 Å². The van der Waals surface area contributed by atoms with Crippen LogP contribution in [0.25, 0.3) is 0 Å². The van der Waals surface area contributed by atoms with Crippen LogP contribution in [0.3, 0.4) is 0 Å². The first-order valence-electron chi connectivity index (χ1n) is 10.5. The summed E-state index contributed by atoms with van der Waals surface area (Å²) in [7, 11) is 0. The van der Waals surface area contributed by atoms with E-state index in [9.17, 15) is 36.2 Å².